The second kappa shape index (κ2) is 6.96. The van der Waals surface area contributed by atoms with Crippen molar-refractivity contribution in [3.05, 3.63) is 78.0 Å². The van der Waals surface area contributed by atoms with Crippen LogP contribution in [-0.4, -0.2) is 16.8 Å². The van der Waals surface area contributed by atoms with Crippen molar-refractivity contribution in [2.75, 3.05) is 5.32 Å². The van der Waals surface area contributed by atoms with Crippen molar-refractivity contribution in [2.45, 2.75) is 12.8 Å². The molecule has 0 unspecified atom stereocenters. The minimum Gasteiger partial charge on any atom is -0.366 e. The molecule has 4 rings (SSSR count). The lowest BCUT2D eigenvalue weighted by molar-refractivity contribution is -0.116. The van der Waals surface area contributed by atoms with E-state index in [0.717, 1.165) is 27.2 Å². The van der Waals surface area contributed by atoms with Crippen LogP contribution in [0.3, 0.4) is 0 Å². The van der Waals surface area contributed by atoms with E-state index in [1.54, 1.807) is 6.07 Å². The van der Waals surface area contributed by atoms with E-state index in [0.29, 0.717) is 24.1 Å². The Labute approximate surface area is 156 Å². The van der Waals surface area contributed by atoms with Gasteiger partial charge >= 0.3 is 0 Å². The highest BCUT2D eigenvalue weighted by Crippen LogP contribution is 2.26. The molecule has 0 aliphatic rings. The first-order valence-corrected chi connectivity index (χ1v) is 8.80. The van der Waals surface area contributed by atoms with Crippen LogP contribution in [0.25, 0.3) is 21.7 Å². The summed E-state index contributed by atoms with van der Waals surface area (Å²) >= 11 is 0. The van der Waals surface area contributed by atoms with Gasteiger partial charge in [0.2, 0.25) is 5.91 Å². The Bertz CT molecular complexity index is 1160. The van der Waals surface area contributed by atoms with Crippen molar-refractivity contribution in [1.82, 2.24) is 4.98 Å². The van der Waals surface area contributed by atoms with Gasteiger partial charge in [0.25, 0.3) is 5.91 Å². The largest absolute Gasteiger partial charge is 0.366 e. The zero-order chi connectivity index (χ0) is 18.8. The summed E-state index contributed by atoms with van der Waals surface area (Å²) in [4.78, 5) is 27.7. The molecule has 0 aliphatic heterocycles. The molecule has 0 bridgehead atoms. The predicted molar refractivity (Wildman–Crippen MR) is 108 cm³/mol. The summed E-state index contributed by atoms with van der Waals surface area (Å²) in [5.74, 6) is -0.711. The summed E-state index contributed by atoms with van der Waals surface area (Å²) in [6.45, 7) is 0. The van der Waals surface area contributed by atoms with Crippen LogP contribution in [0.2, 0.25) is 0 Å². The third-order valence-corrected chi connectivity index (χ3v) is 4.75. The van der Waals surface area contributed by atoms with Crippen LogP contribution in [-0.2, 0) is 11.2 Å². The fraction of sp³-hybridized carbons (Fsp3) is 0.0909. The van der Waals surface area contributed by atoms with E-state index >= 15 is 0 Å². The topological polar surface area (TPSA) is 88.0 Å². The number of hydrogen-bond acceptors (Lipinski definition) is 2. The van der Waals surface area contributed by atoms with E-state index < -0.39 is 5.91 Å². The number of primary amides is 1. The molecular weight excluding hydrogens is 338 g/mol. The number of carbonyl (C=O) groups excluding carboxylic acids is 2. The molecule has 4 aromatic rings. The zero-order valence-electron chi connectivity index (χ0n) is 14.7. The average molecular weight is 357 g/mol. The Hall–Kier alpha value is -3.60. The van der Waals surface area contributed by atoms with Crippen LogP contribution in [0, 0.1) is 0 Å². The molecule has 134 valence electrons. The molecule has 0 aliphatic carbocycles. The van der Waals surface area contributed by atoms with Crippen LogP contribution >= 0.6 is 0 Å². The highest BCUT2D eigenvalue weighted by molar-refractivity contribution is 6.13. The van der Waals surface area contributed by atoms with Gasteiger partial charge in [0.05, 0.1) is 11.3 Å². The van der Waals surface area contributed by atoms with E-state index in [9.17, 15) is 9.59 Å². The lowest BCUT2D eigenvalue weighted by Gasteiger charge is -2.12. The monoisotopic (exact) mass is 357 g/mol. The van der Waals surface area contributed by atoms with Gasteiger partial charge < -0.3 is 16.0 Å². The van der Waals surface area contributed by atoms with Crippen LogP contribution in [0.1, 0.15) is 22.3 Å². The van der Waals surface area contributed by atoms with Gasteiger partial charge in [-0.05, 0) is 34.9 Å². The number of benzene rings is 3. The van der Waals surface area contributed by atoms with Crippen LogP contribution in [0.4, 0.5) is 5.69 Å². The van der Waals surface area contributed by atoms with Crippen molar-refractivity contribution in [1.29, 1.82) is 0 Å². The molecule has 3 aromatic carbocycles. The molecule has 4 N–H and O–H groups in total. The molecule has 5 heteroatoms. The summed E-state index contributed by atoms with van der Waals surface area (Å²) in [5.41, 5.74) is 8.51. The van der Waals surface area contributed by atoms with Crippen LogP contribution in [0.5, 0.6) is 0 Å². The number of carbonyl (C=O) groups is 2. The molecular formula is C22H19N3O2. The fourth-order valence-corrected chi connectivity index (χ4v) is 3.44. The number of anilines is 1. The Morgan fingerprint density at radius 1 is 0.926 bits per heavy atom. The Morgan fingerprint density at radius 2 is 1.67 bits per heavy atom. The molecule has 0 atom stereocenters. The number of aromatic nitrogens is 1. The van der Waals surface area contributed by atoms with Gasteiger partial charge in [0.15, 0.2) is 0 Å². The first-order chi connectivity index (χ1) is 13.1. The number of nitrogens with one attached hydrogen (secondary N) is 2. The van der Waals surface area contributed by atoms with Gasteiger partial charge in [-0.15, -0.1) is 0 Å². The molecule has 0 fully saturated rings. The predicted octanol–water partition coefficient (Wildman–Crippen LogP) is 3.99. The molecule has 0 saturated heterocycles. The minimum atomic E-state index is -0.557. The van der Waals surface area contributed by atoms with E-state index in [1.165, 1.54) is 0 Å². The van der Waals surface area contributed by atoms with Gasteiger partial charge in [-0.3, -0.25) is 9.59 Å². The number of fused-ring (bicyclic) bond motifs is 2. The van der Waals surface area contributed by atoms with Crippen molar-refractivity contribution in [3.8, 4) is 0 Å². The SMILES string of the molecule is NC(=O)c1c(NC(=O)CCc2c[nH]c3ccccc23)ccc2ccccc12. The highest BCUT2D eigenvalue weighted by Gasteiger charge is 2.15. The maximum atomic E-state index is 12.5. The van der Waals surface area contributed by atoms with E-state index in [1.807, 2.05) is 60.8 Å². The van der Waals surface area contributed by atoms with Crippen LogP contribution < -0.4 is 11.1 Å². The number of aryl methyl sites for hydroxylation is 1. The number of rotatable bonds is 5. The Balaban J connectivity index is 1.54. The first-order valence-electron chi connectivity index (χ1n) is 8.80. The second-order valence-electron chi connectivity index (χ2n) is 6.48. The summed E-state index contributed by atoms with van der Waals surface area (Å²) in [5, 5.41) is 5.61. The second-order valence-corrected chi connectivity index (χ2v) is 6.48. The third kappa shape index (κ3) is 3.27. The summed E-state index contributed by atoms with van der Waals surface area (Å²) < 4.78 is 0. The molecule has 1 aromatic heterocycles. The van der Waals surface area contributed by atoms with Crippen molar-refractivity contribution >= 4 is 39.2 Å². The quantitative estimate of drug-likeness (QED) is 0.504. The molecule has 0 radical (unpaired) electrons. The molecule has 2 amide bonds. The standard InChI is InChI=1S/C22H19N3O2/c23-22(27)21-17-7-2-1-5-14(17)9-11-19(21)25-20(26)12-10-15-13-24-18-8-4-3-6-16(15)18/h1-9,11,13,24H,10,12H2,(H2,23,27)(H,25,26). The first kappa shape index (κ1) is 16.8. The molecule has 0 spiro atoms. The highest BCUT2D eigenvalue weighted by atomic mass is 16.2. The Kier molecular flexibility index (Phi) is 4.34. The summed E-state index contributed by atoms with van der Waals surface area (Å²) in [7, 11) is 0. The molecule has 1 heterocycles. The van der Waals surface area contributed by atoms with Crippen molar-refractivity contribution in [2.24, 2.45) is 5.73 Å². The maximum absolute atomic E-state index is 12.5. The number of para-hydroxylation sites is 1. The third-order valence-electron chi connectivity index (χ3n) is 4.75. The van der Waals surface area contributed by atoms with Gasteiger partial charge in [-0.2, -0.15) is 0 Å². The number of amides is 2. The summed E-state index contributed by atoms with van der Waals surface area (Å²) in [6, 6.07) is 19.1. The number of aromatic amines is 1. The fourth-order valence-electron chi connectivity index (χ4n) is 3.44. The van der Waals surface area contributed by atoms with Gasteiger partial charge in [0.1, 0.15) is 0 Å². The molecule has 5 nitrogen and oxygen atoms in total. The number of nitrogens with two attached hydrogens (primary N) is 1. The lowest BCUT2D eigenvalue weighted by atomic mass is 10.0. The minimum absolute atomic E-state index is 0.155. The van der Waals surface area contributed by atoms with Crippen LogP contribution in [0.15, 0.2) is 66.9 Å². The van der Waals surface area contributed by atoms with E-state index in [2.05, 4.69) is 10.3 Å². The summed E-state index contributed by atoms with van der Waals surface area (Å²) in [6.07, 6.45) is 2.85. The normalized spacial score (nSPS) is 11.0. The van der Waals surface area contributed by atoms with Crippen molar-refractivity contribution in [3.63, 3.8) is 0 Å². The number of H-pyrrole nitrogens is 1. The lowest BCUT2D eigenvalue weighted by Crippen LogP contribution is -2.19. The van der Waals surface area contributed by atoms with Gasteiger partial charge in [-0.1, -0.05) is 48.5 Å². The average Bonchev–Trinajstić information content (AvgIpc) is 3.09. The van der Waals surface area contributed by atoms with Crippen molar-refractivity contribution < 1.29 is 9.59 Å². The van der Waals surface area contributed by atoms with E-state index in [4.69, 9.17) is 5.73 Å². The zero-order valence-corrected chi connectivity index (χ0v) is 14.7. The van der Waals surface area contributed by atoms with Gasteiger partial charge in [-0.25, -0.2) is 0 Å². The maximum Gasteiger partial charge on any atom is 0.251 e. The molecule has 27 heavy (non-hydrogen) atoms. The van der Waals surface area contributed by atoms with Gasteiger partial charge in [0, 0.05) is 23.5 Å². The Morgan fingerprint density at radius 3 is 2.48 bits per heavy atom. The number of hydrogen-bond donors (Lipinski definition) is 3. The smallest absolute Gasteiger partial charge is 0.251 e. The molecule has 0 saturated carbocycles. The van der Waals surface area contributed by atoms with E-state index in [-0.39, 0.29) is 5.91 Å².